The first-order valence-electron chi connectivity index (χ1n) is 9.62. The number of hydrogen-bond donors (Lipinski definition) is 3. The normalized spacial score (nSPS) is 15.0. The fraction of sp³-hybridized carbons (Fsp3) is 0.286. The van der Waals surface area contributed by atoms with Crippen molar-refractivity contribution in [3.8, 4) is 11.6 Å². The Balaban J connectivity index is 1.49. The van der Waals surface area contributed by atoms with Crippen LogP contribution < -0.4 is 15.8 Å². The van der Waals surface area contributed by atoms with E-state index in [9.17, 15) is 4.79 Å². The second-order valence-electron chi connectivity index (χ2n) is 7.08. The Labute approximate surface area is 168 Å². The van der Waals surface area contributed by atoms with Crippen LogP contribution in [0.2, 0.25) is 0 Å². The molecule has 150 valence electrons. The van der Waals surface area contributed by atoms with E-state index in [-0.39, 0.29) is 11.9 Å². The molecule has 3 heterocycles. The quantitative estimate of drug-likeness (QED) is 0.457. The maximum atomic E-state index is 12.2. The maximum Gasteiger partial charge on any atom is 0.274 e. The number of carbonyl (C=O) groups excluding carboxylic acids is 1. The van der Waals surface area contributed by atoms with E-state index in [0.717, 1.165) is 30.5 Å². The zero-order valence-corrected chi connectivity index (χ0v) is 16.3. The molecule has 1 aromatic carbocycles. The van der Waals surface area contributed by atoms with Gasteiger partial charge in [0.15, 0.2) is 5.96 Å². The lowest BCUT2D eigenvalue weighted by molar-refractivity contribution is 0.0972. The minimum Gasteiger partial charge on any atom is -0.439 e. The van der Waals surface area contributed by atoms with Crippen LogP contribution in [0.4, 0.5) is 0 Å². The van der Waals surface area contributed by atoms with Crippen LogP contribution >= 0.6 is 0 Å². The number of carbonyl (C=O) groups is 1. The number of pyridine rings is 1. The SMILES string of the molecule is CN=C(N)NC(=O)c1cc2ccc(Oc3cc(CN4CCCC4)ccn3)cc2[nH]1. The van der Waals surface area contributed by atoms with Crippen LogP contribution in [0.15, 0.2) is 47.6 Å². The van der Waals surface area contributed by atoms with Gasteiger partial charge in [-0.1, -0.05) is 0 Å². The van der Waals surface area contributed by atoms with Gasteiger partial charge in [0.1, 0.15) is 11.4 Å². The van der Waals surface area contributed by atoms with Crippen molar-refractivity contribution < 1.29 is 9.53 Å². The Kier molecular flexibility index (Phi) is 5.44. The van der Waals surface area contributed by atoms with E-state index in [2.05, 4.69) is 25.2 Å². The predicted molar refractivity (Wildman–Crippen MR) is 112 cm³/mol. The van der Waals surface area contributed by atoms with Crippen LogP contribution in [0, 0.1) is 0 Å². The predicted octanol–water partition coefficient (Wildman–Crippen LogP) is 2.63. The number of ether oxygens (including phenoxy) is 1. The minimum absolute atomic E-state index is 0.0672. The molecule has 1 aliphatic rings. The number of hydrogen-bond acceptors (Lipinski definition) is 5. The smallest absolute Gasteiger partial charge is 0.274 e. The van der Waals surface area contributed by atoms with Gasteiger partial charge in [0, 0.05) is 42.8 Å². The minimum atomic E-state index is -0.344. The van der Waals surface area contributed by atoms with Gasteiger partial charge < -0.3 is 15.5 Å². The van der Waals surface area contributed by atoms with Crippen molar-refractivity contribution in [2.75, 3.05) is 20.1 Å². The van der Waals surface area contributed by atoms with E-state index in [1.165, 1.54) is 25.5 Å². The monoisotopic (exact) mass is 392 g/mol. The first-order valence-corrected chi connectivity index (χ1v) is 9.62. The fourth-order valence-electron chi connectivity index (χ4n) is 3.46. The van der Waals surface area contributed by atoms with E-state index >= 15 is 0 Å². The number of guanidine groups is 1. The molecular weight excluding hydrogens is 368 g/mol. The van der Waals surface area contributed by atoms with Crippen LogP contribution in [-0.4, -0.2) is 46.9 Å². The van der Waals surface area contributed by atoms with Crippen LogP contribution in [0.5, 0.6) is 11.6 Å². The molecule has 1 saturated heterocycles. The number of aromatic amines is 1. The summed E-state index contributed by atoms with van der Waals surface area (Å²) in [7, 11) is 1.51. The fourth-order valence-corrected chi connectivity index (χ4v) is 3.46. The number of rotatable bonds is 5. The summed E-state index contributed by atoms with van der Waals surface area (Å²) >= 11 is 0. The molecule has 0 atom stereocenters. The Hall–Kier alpha value is -3.39. The van der Waals surface area contributed by atoms with Gasteiger partial charge >= 0.3 is 0 Å². The Morgan fingerprint density at radius 2 is 2.10 bits per heavy atom. The van der Waals surface area contributed by atoms with Gasteiger partial charge in [-0.2, -0.15) is 0 Å². The summed E-state index contributed by atoms with van der Waals surface area (Å²) in [6, 6.07) is 11.3. The number of benzene rings is 1. The molecule has 29 heavy (non-hydrogen) atoms. The van der Waals surface area contributed by atoms with Gasteiger partial charge in [-0.3, -0.25) is 20.0 Å². The third-order valence-corrected chi connectivity index (χ3v) is 4.95. The highest BCUT2D eigenvalue weighted by Gasteiger charge is 2.13. The lowest BCUT2D eigenvalue weighted by atomic mass is 10.2. The molecule has 0 bridgehead atoms. The lowest BCUT2D eigenvalue weighted by Crippen LogP contribution is -2.36. The highest BCUT2D eigenvalue weighted by atomic mass is 16.5. The third kappa shape index (κ3) is 4.55. The molecule has 0 saturated carbocycles. The van der Waals surface area contributed by atoms with E-state index in [0.29, 0.717) is 17.3 Å². The Bertz CT molecular complexity index is 1050. The van der Waals surface area contributed by atoms with E-state index in [4.69, 9.17) is 10.5 Å². The number of amides is 1. The Morgan fingerprint density at radius 3 is 2.90 bits per heavy atom. The van der Waals surface area contributed by atoms with Crippen LogP contribution in [0.3, 0.4) is 0 Å². The standard InChI is InChI=1S/C21H24N6O2/c1-23-21(22)26-20(28)18-11-15-4-5-16(12-17(15)25-18)29-19-10-14(6-7-24-19)13-27-8-2-3-9-27/h4-7,10-12,25H,2-3,8-9,13H2,1H3,(H3,22,23,26,28). The van der Waals surface area contributed by atoms with Crippen molar-refractivity contribution in [1.82, 2.24) is 20.2 Å². The number of nitrogens with one attached hydrogen (secondary N) is 2. The summed E-state index contributed by atoms with van der Waals surface area (Å²) in [4.78, 5) is 25.8. The first-order chi connectivity index (χ1) is 14.1. The molecule has 1 amide bonds. The lowest BCUT2D eigenvalue weighted by Gasteiger charge is -2.14. The number of aromatic nitrogens is 2. The highest BCUT2D eigenvalue weighted by Crippen LogP contribution is 2.26. The average Bonchev–Trinajstić information content (AvgIpc) is 3.37. The molecule has 3 aromatic rings. The molecule has 0 aliphatic carbocycles. The summed E-state index contributed by atoms with van der Waals surface area (Å²) in [5.41, 5.74) is 7.92. The molecule has 2 aromatic heterocycles. The molecule has 8 heteroatoms. The average molecular weight is 392 g/mol. The van der Waals surface area contributed by atoms with Crippen molar-refractivity contribution in [2.24, 2.45) is 10.7 Å². The molecule has 4 N–H and O–H groups in total. The van der Waals surface area contributed by atoms with Gasteiger partial charge in [-0.15, -0.1) is 0 Å². The second-order valence-corrected chi connectivity index (χ2v) is 7.08. The topological polar surface area (TPSA) is 109 Å². The summed E-state index contributed by atoms with van der Waals surface area (Å²) < 4.78 is 5.95. The third-order valence-electron chi connectivity index (χ3n) is 4.95. The number of aliphatic imine (C=N–C) groups is 1. The molecule has 0 radical (unpaired) electrons. The molecule has 1 aliphatic heterocycles. The number of fused-ring (bicyclic) bond motifs is 1. The van der Waals surface area contributed by atoms with Crippen molar-refractivity contribution >= 4 is 22.8 Å². The van der Waals surface area contributed by atoms with Crippen molar-refractivity contribution in [1.29, 1.82) is 0 Å². The first kappa shape index (κ1) is 18.9. The van der Waals surface area contributed by atoms with Crippen molar-refractivity contribution in [3.05, 3.63) is 53.9 Å². The molecule has 1 fully saturated rings. The number of likely N-dealkylation sites (tertiary alicyclic amines) is 1. The van der Waals surface area contributed by atoms with Gasteiger partial charge in [-0.05, 0) is 55.8 Å². The zero-order valence-electron chi connectivity index (χ0n) is 16.3. The van der Waals surface area contributed by atoms with Gasteiger partial charge in [0.25, 0.3) is 5.91 Å². The largest absolute Gasteiger partial charge is 0.439 e. The summed E-state index contributed by atoms with van der Waals surface area (Å²) in [5.74, 6) is 0.921. The summed E-state index contributed by atoms with van der Waals surface area (Å²) in [6.45, 7) is 3.21. The highest BCUT2D eigenvalue weighted by molar-refractivity contribution is 6.06. The van der Waals surface area contributed by atoms with E-state index < -0.39 is 0 Å². The molecular formula is C21H24N6O2. The number of nitrogens with zero attached hydrogens (tertiary/aromatic N) is 3. The van der Waals surface area contributed by atoms with Crippen LogP contribution in [-0.2, 0) is 6.54 Å². The van der Waals surface area contributed by atoms with Gasteiger partial charge in [0.05, 0.1) is 0 Å². The van der Waals surface area contributed by atoms with Gasteiger partial charge in [0.2, 0.25) is 5.88 Å². The second kappa shape index (κ2) is 8.32. The maximum absolute atomic E-state index is 12.2. The Morgan fingerprint density at radius 1 is 1.28 bits per heavy atom. The van der Waals surface area contributed by atoms with E-state index in [1.807, 2.05) is 30.3 Å². The van der Waals surface area contributed by atoms with Gasteiger partial charge in [-0.25, -0.2) is 4.98 Å². The van der Waals surface area contributed by atoms with E-state index in [1.54, 1.807) is 12.3 Å². The molecule has 8 nitrogen and oxygen atoms in total. The zero-order chi connectivity index (χ0) is 20.2. The number of nitrogens with two attached hydrogens (primary N) is 1. The molecule has 0 spiro atoms. The van der Waals surface area contributed by atoms with Crippen LogP contribution in [0.1, 0.15) is 28.9 Å². The summed E-state index contributed by atoms with van der Waals surface area (Å²) in [6.07, 6.45) is 4.31. The number of H-pyrrole nitrogens is 1. The molecule has 4 rings (SSSR count). The van der Waals surface area contributed by atoms with Crippen LogP contribution in [0.25, 0.3) is 10.9 Å². The molecule has 0 unspecified atom stereocenters. The van der Waals surface area contributed by atoms with Crippen molar-refractivity contribution in [2.45, 2.75) is 19.4 Å². The summed E-state index contributed by atoms with van der Waals surface area (Å²) in [5, 5.41) is 3.40. The van der Waals surface area contributed by atoms with Crippen molar-refractivity contribution in [3.63, 3.8) is 0 Å².